The van der Waals surface area contributed by atoms with Crippen molar-refractivity contribution in [2.45, 2.75) is 52.0 Å². The molecular formula is C13H28N2. The lowest BCUT2D eigenvalue weighted by molar-refractivity contribution is 0.184. The van der Waals surface area contributed by atoms with Crippen LogP contribution in [0, 0.1) is 17.8 Å². The van der Waals surface area contributed by atoms with Gasteiger partial charge in [-0.1, -0.05) is 33.1 Å². The fourth-order valence-electron chi connectivity index (χ4n) is 3.13. The molecule has 15 heavy (non-hydrogen) atoms. The van der Waals surface area contributed by atoms with E-state index < -0.39 is 0 Å². The zero-order valence-electron chi connectivity index (χ0n) is 10.6. The molecule has 0 bridgehead atoms. The molecule has 1 rings (SSSR count). The largest absolute Gasteiger partial charge is 0.330 e. The van der Waals surface area contributed by atoms with Gasteiger partial charge >= 0.3 is 0 Å². The Balaban J connectivity index is 2.58. The molecule has 3 N–H and O–H groups in total. The Morgan fingerprint density at radius 3 is 2.20 bits per heavy atom. The third-order valence-electron chi connectivity index (χ3n) is 4.08. The van der Waals surface area contributed by atoms with E-state index in [1.54, 1.807) is 0 Å². The molecule has 1 aliphatic carbocycles. The van der Waals surface area contributed by atoms with E-state index in [1.807, 2.05) is 0 Å². The molecule has 0 aromatic carbocycles. The molecule has 0 aromatic heterocycles. The molecule has 0 amide bonds. The highest BCUT2D eigenvalue weighted by Crippen LogP contribution is 2.31. The Hall–Kier alpha value is -0.0800. The van der Waals surface area contributed by atoms with Gasteiger partial charge in [0.25, 0.3) is 0 Å². The van der Waals surface area contributed by atoms with Crippen LogP contribution in [0.5, 0.6) is 0 Å². The molecule has 0 aliphatic heterocycles. The Labute approximate surface area is 95.0 Å². The van der Waals surface area contributed by atoms with E-state index in [1.165, 1.54) is 32.1 Å². The van der Waals surface area contributed by atoms with E-state index in [4.69, 9.17) is 5.73 Å². The van der Waals surface area contributed by atoms with Gasteiger partial charge in [-0.15, -0.1) is 0 Å². The summed E-state index contributed by atoms with van der Waals surface area (Å²) in [5.41, 5.74) is 5.92. The van der Waals surface area contributed by atoms with Crippen molar-refractivity contribution in [3.63, 3.8) is 0 Å². The molecule has 2 unspecified atom stereocenters. The van der Waals surface area contributed by atoms with E-state index in [-0.39, 0.29) is 0 Å². The maximum Gasteiger partial charge on any atom is 0.0135 e. The normalized spacial score (nSPS) is 23.0. The highest BCUT2D eigenvalue weighted by molar-refractivity contribution is 4.86. The van der Waals surface area contributed by atoms with E-state index in [9.17, 15) is 0 Å². The molecule has 2 atom stereocenters. The van der Waals surface area contributed by atoms with E-state index in [0.717, 1.165) is 12.5 Å². The fraction of sp³-hybridized carbons (Fsp3) is 1.00. The van der Waals surface area contributed by atoms with Gasteiger partial charge < -0.3 is 11.1 Å². The lowest BCUT2D eigenvalue weighted by atomic mass is 9.75. The lowest BCUT2D eigenvalue weighted by Crippen LogP contribution is -2.46. The van der Waals surface area contributed by atoms with Crippen molar-refractivity contribution in [2.75, 3.05) is 13.6 Å². The summed E-state index contributed by atoms with van der Waals surface area (Å²) in [6, 6.07) is 0.635. The maximum atomic E-state index is 5.92. The Kier molecular flexibility index (Phi) is 5.62. The Morgan fingerprint density at radius 1 is 1.20 bits per heavy atom. The number of hydrogen-bond donors (Lipinski definition) is 2. The second-order valence-corrected chi connectivity index (χ2v) is 5.36. The first-order valence-electron chi connectivity index (χ1n) is 6.58. The van der Waals surface area contributed by atoms with Crippen LogP contribution in [0.4, 0.5) is 0 Å². The number of hydrogen-bond acceptors (Lipinski definition) is 2. The summed E-state index contributed by atoms with van der Waals surface area (Å²) in [7, 11) is 2.10. The second-order valence-electron chi connectivity index (χ2n) is 5.36. The molecule has 2 nitrogen and oxygen atoms in total. The van der Waals surface area contributed by atoms with Gasteiger partial charge in [-0.05, 0) is 44.2 Å². The van der Waals surface area contributed by atoms with Gasteiger partial charge in [0.2, 0.25) is 0 Å². The lowest BCUT2D eigenvalue weighted by Gasteiger charge is -2.37. The van der Waals surface area contributed by atoms with Gasteiger partial charge in [0, 0.05) is 6.04 Å². The van der Waals surface area contributed by atoms with Gasteiger partial charge in [-0.2, -0.15) is 0 Å². The van der Waals surface area contributed by atoms with Crippen LogP contribution in [-0.2, 0) is 0 Å². The number of nitrogens with two attached hydrogens (primary N) is 1. The second kappa shape index (κ2) is 6.49. The van der Waals surface area contributed by atoms with Crippen LogP contribution >= 0.6 is 0 Å². The van der Waals surface area contributed by atoms with Crippen molar-refractivity contribution in [1.82, 2.24) is 5.32 Å². The molecule has 0 aromatic rings. The van der Waals surface area contributed by atoms with Gasteiger partial charge in [0.05, 0.1) is 0 Å². The predicted octanol–water partition coefficient (Wildman–Crippen LogP) is 2.39. The first-order chi connectivity index (χ1) is 7.20. The minimum Gasteiger partial charge on any atom is -0.330 e. The maximum absolute atomic E-state index is 5.92. The summed E-state index contributed by atoms with van der Waals surface area (Å²) >= 11 is 0. The van der Waals surface area contributed by atoms with Crippen LogP contribution in [0.15, 0.2) is 0 Å². The average molecular weight is 212 g/mol. The fourth-order valence-corrected chi connectivity index (χ4v) is 3.13. The molecule has 0 heterocycles. The minimum absolute atomic E-state index is 0.635. The van der Waals surface area contributed by atoms with Crippen LogP contribution in [0.1, 0.15) is 46.0 Å². The van der Waals surface area contributed by atoms with Crippen LogP contribution in [0.3, 0.4) is 0 Å². The molecule has 1 aliphatic rings. The van der Waals surface area contributed by atoms with Crippen LogP contribution < -0.4 is 11.1 Å². The standard InChI is InChI=1S/C13H28N2/c1-10(2)12(9-14)13(15-3)11-7-5-4-6-8-11/h10-13,15H,4-9,14H2,1-3H3. The van der Waals surface area contributed by atoms with Crippen molar-refractivity contribution in [2.24, 2.45) is 23.5 Å². The Morgan fingerprint density at radius 2 is 1.80 bits per heavy atom. The monoisotopic (exact) mass is 212 g/mol. The van der Waals surface area contributed by atoms with E-state index in [2.05, 4.69) is 26.2 Å². The summed E-state index contributed by atoms with van der Waals surface area (Å²) in [4.78, 5) is 0. The van der Waals surface area contributed by atoms with E-state index in [0.29, 0.717) is 17.9 Å². The smallest absolute Gasteiger partial charge is 0.0135 e. The van der Waals surface area contributed by atoms with E-state index >= 15 is 0 Å². The zero-order valence-corrected chi connectivity index (χ0v) is 10.6. The van der Waals surface area contributed by atoms with Crippen LogP contribution in [0.25, 0.3) is 0 Å². The third kappa shape index (κ3) is 3.46. The van der Waals surface area contributed by atoms with Crippen LogP contribution in [0.2, 0.25) is 0 Å². The summed E-state index contributed by atoms with van der Waals surface area (Å²) in [6.07, 6.45) is 7.06. The zero-order chi connectivity index (χ0) is 11.3. The summed E-state index contributed by atoms with van der Waals surface area (Å²) in [6.45, 7) is 5.41. The minimum atomic E-state index is 0.635. The number of rotatable bonds is 5. The molecule has 1 fully saturated rings. The molecule has 90 valence electrons. The van der Waals surface area contributed by atoms with Crippen molar-refractivity contribution in [3.8, 4) is 0 Å². The van der Waals surface area contributed by atoms with Crippen molar-refractivity contribution in [3.05, 3.63) is 0 Å². The molecular weight excluding hydrogens is 184 g/mol. The SMILES string of the molecule is CNC(C1CCCCC1)C(CN)C(C)C. The molecule has 0 saturated heterocycles. The summed E-state index contributed by atoms with van der Waals surface area (Å²) in [5, 5.41) is 3.52. The first kappa shape index (κ1) is 13.0. The molecule has 0 radical (unpaired) electrons. The average Bonchev–Trinajstić information content (AvgIpc) is 2.26. The van der Waals surface area contributed by atoms with Crippen molar-refractivity contribution in [1.29, 1.82) is 0 Å². The van der Waals surface area contributed by atoms with Gasteiger partial charge in [0.1, 0.15) is 0 Å². The highest BCUT2D eigenvalue weighted by atomic mass is 14.9. The van der Waals surface area contributed by atoms with Gasteiger partial charge in [-0.3, -0.25) is 0 Å². The summed E-state index contributed by atoms with van der Waals surface area (Å²) < 4.78 is 0. The van der Waals surface area contributed by atoms with Crippen molar-refractivity contribution >= 4 is 0 Å². The number of nitrogens with one attached hydrogen (secondary N) is 1. The highest BCUT2D eigenvalue weighted by Gasteiger charge is 2.30. The van der Waals surface area contributed by atoms with Crippen LogP contribution in [-0.4, -0.2) is 19.6 Å². The van der Waals surface area contributed by atoms with Crippen molar-refractivity contribution < 1.29 is 0 Å². The van der Waals surface area contributed by atoms with Gasteiger partial charge in [-0.25, -0.2) is 0 Å². The molecule has 2 heteroatoms. The summed E-state index contributed by atoms with van der Waals surface area (Å²) in [5.74, 6) is 2.19. The predicted molar refractivity (Wildman–Crippen MR) is 66.8 cm³/mol. The topological polar surface area (TPSA) is 38.0 Å². The van der Waals surface area contributed by atoms with Gasteiger partial charge in [0.15, 0.2) is 0 Å². The molecule has 0 spiro atoms. The molecule has 1 saturated carbocycles. The quantitative estimate of drug-likeness (QED) is 0.734. The third-order valence-corrected chi connectivity index (χ3v) is 4.08. The first-order valence-corrected chi connectivity index (χ1v) is 6.58. The Bertz CT molecular complexity index is 162.